The Bertz CT molecular complexity index is 1480. The summed E-state index contributed by atoms with van der Waals surface area (Å²) in [7, 11) is 3.16. The van der Waals surface area contributed by atoms with Gasteiger partial charge in [-0.25, -0.2) is 5.06 Å². The second kappa shape index (κ2) is 20.6. The lowest BCUT2D eigenvalue weighted by molar-refractivity contribution is -0.200. The number of ether oxygens (including phenoxy) is 2. The van der Waals surface area contributed by atoms with Gasteiger partial charge in [0.15, 0.2) is 5.76 Å². The van der Waals surface area contributed by atoms with E-state index >= 15 is 0 Å². The van der Waals surface area contributed by atoms with Gasteiger partial charge in [0.1, 0.15) is 18.1 Å². The first-order chi connectivity index (χ1) is 23.7. The monoisotopic (exact) mass is 678 g/mol. The van der Waals surface area contributed by atoms with Crippen LogP contribution in [0.15, 0.2) is 65.1 Å². The Kier molecular flexibility index (Phi) is 16.3. The second-order valence-electron chi connectivity index (χ2n) is 11.7. The van der Waals surface area contributed by atoms with Gasteiger partial charge in [0, 0.05) is 12.1 Å². The Morgan fingerprint density at radius 2 is 1.73 bits per heavy atom. The molecule has 0 aliphatic rings. The number of unbranched alkanes of at least 4 members (excludes halogenated alkanes) is 2. The quantitative estimate of drug-likeness (QED) is 0.0475. The zero-order valence-corrected chi connectivity index (χ0v) is 29.2. The summed E-state index contributed by atoms with van der Waals surface area (Å²) in [4.78, 5) is 58.0. The number of nitrogens with one attached hydrogen (secondary N) is 2. The van der Waals surface area contributed by atoms with E-state index in [0.717, 1.165) is 30.4 Å². The van der Waals surface area contributed by atoms with Crippen LogP contribution in [-0.2, 0) is 37.1 Å². The molecule has 0 aliphatic heterocycles. The zero-order chi connectivity index (χ0) is 35.6. The number of likely N-dealkylation sites (N-methyl/N-ethyl adjacent to an activating group) is 1. The highest BCUT2D eigenvalue weighted by Crippen LogP contribution is 2.29. The molecule has 12 heteroatoms. The lowest BCUT2D eigenvalue weighted by Crippen LogP contribution is -2.48. The van der Waals surface area contributed by atoms with E-state index in [1.165, 1.54) is 12.2 Å². The van der Waals surface area contributed by atoms with Gasteiger partial charge in [0.25, 0.3) is 5.91 Å². The van der Waals surface area contributed by atoms with Gasteiger partial charge in [-0.2, -0.15) is 0 Å². The first-order valence-corrected chi connectivity index (χ1v) is 16.8. The van der Waals surface area contributed by atoms with Crippen LogP contribution in [0.1, 0.15) is 74.6 Å². The molecule has 266 valence electrons. The number of amides is 3. The first kappa shape index (κ1) is 38.8. The normalized spacial score (nSPS) is 12.2. The highest BCUT2D eigenvalue weighted by molar-refractivity contribution is 5.92. The molecular formula is C37H50N4O8. The molecule has 1 aromatic heterocycles. The Labute approximate surface area is 289 Å². The van der Waals surface area contributed by atoms with Crippen LogP contribution in [0.3, 0.4) is 0 Å². The van der Waals surface area contributed by atoms with E-state index in [4.69, 9.17) is 18.7 Å². The molecule has 2 N–H and O–H groups in total. The van der Waals surface area contributed by atoms with E-state index in [9.17, 15) is 19.2 Å². The summed E-state index contributed by atoms with van der Waals surface area (Å²) >= 11 is 0. The van der Waals surface area contributed by atoms with Crippen molar-refractivity contribution in [2.24, 2.45) is 5.92 Å². The fourth-order valence-corrected chi connectivity index (χ4v) is 5.52. The molecule has 2 atom stereocenters. The Morgan fingerprint density at radius 1 is 0.959 bits per heavy atom. The van der Waals surface area contributed by atoms with Crippen molar-refractivity contribution in [3.8, 4) is 17.1 Å². The van der Waals surface area contributed by atoms with Crippen LogP contribution in [0.4, 0.5) is 0 Å². The van der Waals surface area contributed by atoms with E-state index in [2.05, 4.69) is 17.6 Å². The SMILES string of the molecule is CCCCCC(C(=O)NCNC(=O)c1ccc(-c2cc(CN(C)CC(=O)OC)cc(OCC)c2)o1)[C@@H](CC)N(C=O)OCc1ccccc1. The molecule has 0 saturated carbocycles. The zero-order valence-electron chi connectivity index (χ0n) is 29.2. The molecule has 1 heterocycles. The van der Waals surface area contributed by atoms with Crippen molar-refractivity contribution in [1.82, 2.24) is 20.6 Å². The molecule has 0 aliphatic carbocycles. The van der Waals surface area contributed by atoms with Gasteiger partial charge in [-0.3, -0.25) is 28.9 Å². The highest BCUT2D eigenvalue weighted by Gasteiger charge is 2.32. The predicted octanol–water partition coefficient (Wildman–Crippen LogP) is 5.32. The van der Waals surface area contributed by atoms with Crippen LogP contribution in [0.5, 0.6) is 5.75 Å². The van der Waals surface area contributed by atoms with Crippen LogP contribution in [0, 0.1) is 5.92 Å². The maximum atomic E-state index is 13.5. The van der Waals surface area contributed by atoms with Gasteiger partial charge >= 0.3 is 5.97 Å². The van der Waals surface area contributed by atoms with Crippen LogP contribution >= 0.6 is 0 Å². The largest absolute Gasteiger partial charge is 0.494 e. The topological polar surface area (TPSA) is 140 Å². The summed E-state index contributed by atoms with van der Waals surface area (Å²) in [6.45, 7) is 7.01. The van der Waals surface area contributed by atoms with Crippen LogP contribution in [0.2, 0.25) is 0 Å². The van der Waals surface area contributed by atoms with Crippen molar-refractivity contribution in [1.29, 1.82) is 0 Å². The summed E-state index contributed by atoms with van der Waals surface area (Å²) in [5.41, 5.74) is 2.50. The fourth-order valence-electron chi connectivity index (χ4n) is 5.52. The van der Waals surface area contributed by atoms with Gasteiger partial charge in [-0.1, -0.05) is 63.4 Å². The third-order valence-electron chi connectivity index (χ3n) is 7.97. The van der Waals surface area contributed by atoms with Crippen LogP contribution in [0.25, 0.3) is 11.3 Å². The molecule has 49 heavy (non-hydrogen) atoms. The minimum absolute atomic E-state index is 0.0720. The number of hydroxylamine groups is 2. The third kappa shape index (κ3) is 12.4. The van der Waals surface area contributed by atoms with Gasteiger partial charge in [-0.05, 0) is 68.3 Å². The molecule has 0 radical (unpaired) electrons. The summed E-state index contributed by atoms with van der Waals surface area (Å²) in [6.07, 6.45) is 4.44. The average Bonchev–Trinajstić information content (AvgIpc) is 3.60. The highest BCUT2D eigenvalue weighted by atomic mass is 16.7. The second-order valence-corrected chi connectivity index (χ2v) is 11.7. The number of methoxy groups -OCH3 is 1. The van der Waals surface area contributed by atoms with E-state index in [1.807, 2.05) is 74.3 Å². The number of hydrogen-bond donors (Lipinski definition) is 2. The summed E-state index contributed by atoms with van der Waals surface area (Å²) < 4.78 is 16.4. The van der Waals surface area contributed by atoms with Crippen molar-refractivity contribution in [2.75, 3.05) is 34.0 Å². The van der Waals surface area contributed by atoms with E-state index in [1.54, 1.807) is 12.1 Å². The molecule has 3 amide bonds. The average molecular weight is 679 g/mol. The number of hydrogen-bond acceptors (Lipinski definition) is 9. The Hall–Kier alpha value is -4.68. The maximum Gasteiger partial charge on any atom is 0.319 e. The van der Waals surface area contributed by atoms with Gasteiger partial charge in [0.05, 0.1) is 38.9 Å². The smallest absolute Gasteiger partial charge is 0.319 e. The maximum absolute atomic E-state index is 13.5. The third-order valence-corrected chi connectivity index (χ3v) is 7.97. The van der Waals surface area contributed by atoms with E-state index in [-0.39, 0.29) is 37.5 Å². The lowest BCUT2D eigenvalue weighted by atomic mass is 9.90. The molecule has 0 saturated heterocycles. The Morgan fingerprint density at radius 3 is 2.41 bits per heavy atom. The number of carbonyl (C=O) groups is 4. The summed E-state index contributed by atoms with van der Waals surface area (Å²) in [5, 5.41) is 6.76. The number of esters is 1. The van der Waals surface area contributed by atoms with Crippen molar-refractivity contribution < 1.29 is 37.9 Å². The molecule has 0 spiro atoms. The van der Waals surface area contributed by atoms with E-state index in [0.29, 0.717) is 49.5 Å². The molecule has 2 aromatic carbocycles. The molecular weight excluding hydrogens is 628 g/mol. The molecule has 12 nitrogen and oxygen atoms in total. The van der Waals surface area contributed by atoms with Gasteiger partial charge in [-0.15, -0.1) is 0 Å². The summed E-state index contributed by atoms with van der Waals surface area (Å²) in [5.74, 6) is -0.500. The molecule has 3 aromatic rings. The predicted molar refractivity (Wildman–Crippen MR) is 185 cm³/mol. The van der Waals surface area contributed by atoms with Crippen molar-refractivity contribution >= 4 is 24.2 Å². The minimum atomic E-state index is -0.539. The molecule has 0 bridgehead atoms. The van der Waals surface area contributed by atoms with E-state index < -0.39 is 17.9 Å². The first-order valence-electron chi connectivity index (χ1n) is 16.8. The lowest BCUT2D eigenvalue weighted by Gasteiger charge is -2.32. The number of benzene rings is 2. The fraction of sp³-hybridized carbons (Fsp3) is 0.459. The molecule has 1 unspecified atom stereocenters. The van der Waals surface area contributed by atoms with Crippen molar-refractivity contribution in [3.63, 3.8) is 0 Å². The van der Waals surface area contributed by atoms with Crippen molar-refractivity contribution in [2.45, 2.75) is 72.1 Å². The molecule has 0 fully saturated rings. The Balaban J connectivity index is 1.65. The number of carbonyl (C=O) groups excluding carboxylic acids is 4. The summed E-state index contributed by atoms with van der Waals surface area (Å²) in [6, 6.07) is 17.9. The minimum Gasteiger partial charge on any atom is -0.494 e. The number of rotatable bonds is 22. The van der Waals surface area contributed by atoms with Gasteiger partial charge < -0.3 is 24.5 Å². The van der Waals surface area contributed by atoms with Crippen LogP contribution in [-0.4, -0.2) is 74.2 Å². The van der Waals surface area contributed by atoms with Crippen LogP contribution < -0.4 is 15.4 Å². The van der Waals surface area contributed by atoms with Gasteiger partial charge in [0.2, 0.25) is 12.3 Å². The standard InChI is InChI=1S/C37H50N4O8/c1-6-9-11-16-31(32(7-2)41(26-42)48-24-27-14-12-10-13-15-27)36(44)38-25-39-37(45)34-18-17-33(49-34)29-19-28(20-30(21-29)47-8-3)22-40(4)23-35(43)46-5/h10,12-15,17-21,26,31-32H,6-9,11,16,22-25H2,1-5H3,(H,38,44)(H,39,45)/t31?,32-/m1/s1. The molecule has 3 rings (SSSR count). The number of furan rings is 1. The number of nitrogens with zero attached hydrogens (tertiary/aromatic N) is 2. The van der Waals surface area contributed by atoms with Crippen molar-refractivity contribution in [3.05, 3.63) is 77.6 Å².